The second-order valence-electron chi connectivity index (χ2n) is 6.52. The minimum atomic E-state index is -0.535. The van der Waals surface area contributed by atoms with Gasteiger partial charge in [0.2, 0.25) is 5.91 Å². The van der Waals surface area contributed by atoms with Crippen molar-refractivity contribution < 1.29 is 23.8 Å². The van der Waals surface area contributed by atoms with Crippen LogP contribution in [-0.2, 0) is 4.79 Å². The molecule has 1 saturated heterocycles. The van der Waals surface area contributed by atoms with Crippen LogP contribution in [0, 0.1) is 5.82 Å². The highest BCUT2D eigenvalue weighted by molar-refractivity contribution is 5.96. The molecule has 2 aromatic rings. The molecule has 0 saturated carbocycles. The molecule has 1 aliphatic rings. The van der Waals surface area contributed by atoms with Crippen molar-refractivity contribution in [3.8, 4) is 16.9 Å². The lowest BCUT2D eigenvalue weighted by Crippen LogP contribution is -2.29. The van der Waals surface area contributed by atoms with Crippen LogP contribution in [0.25, 0.3) is 11.1 Å². The van der Waals surface area contributed by atoms with Gasteiger partial charge in [0.25, 0.3) is 5.91 Å². The number of anilines is 1. The van der Waals surface area contributed by atoms with Gasteiger partial charge in [-0.25, -0.2) is 4.39 Å². The molecule has 2 N–H and O–H groups in total. The summed E-state index contributed by atoms with van der Waals surface area (Å²) in [6, 6.07) is 9.20. The first kappa shape index (κ1) is 18.8. The van der Waals surface area contributed by atoms with Crippen molar-refractivity contribution in [2.24, 2.45) is 0 Å². The molecule has 142 valence electrons. The number of amides is 2. The zero-order chi connectivity index (χ0) is 19.6. The summed E-state index contributed by atoms with van der Waals surface area (Å²) in [4.78, 5) is 25.4. The van der Waals surface area contributed by atoms with E-state index in [0.29, 0.717) is 35.5 Å². The number of methoxy groups -OCH3 is 1. The second-order valence-corrected chi connectivity index (χ2v) is 6.52. The van der Waals surface area contributed by atoms with E-state index in [1.807, 2.05) is 0 Å². The molecule has 1 fully saturated rings. The average molecular weight is 372 g/mol. The lowest BCUT2D eigenvalue weighted by Gasteiger charge is -2.16. The van der Waals surface area contributed by atoms with Crippen LogP contribution in [0.4, 0.5) is 10.1 Å². The number of benzene rings is 2. The Morgan fingerprint density at radius 2 is 2.00 bits per heavy atom. The third-order valence-electron chi connectivity index (χ3n) is 4.44. The summed E-state index contributed by atoms with van der Waals surface area (Å²) in [5, 5.41) is 12.3. The van der Waals surface area contributed by atoms with Crippen molar-refractivity contribution in [2.45, 2.75) is 19.4 Å². The summed E-state index contributed by atoms with van der Waals surface area (Å²) in [6.07, 6.45) is -0.0111. The van der Waals surface area contributed by atoms with Crippen molar-refractivity contribution in [2.75, 3.05) is 25.5 Å². The Balaban J connectivity index is 1.94. The van der Waals surface area contributed by atoms with Gasteiger partial charge in [0.15, 0.2) is 0 Å². The van der Waals surface area contributed by atoms with Gasteiger partial charge in [-0.05, 0) is 47.9 Å². The topological polar surface area (TPSA) is 78.9 Å². The monoisotopic (exact) mass is 372 g/mol. The number of nitrogens with one attached hydrogen (secondary N) is 1. The molecule has 2 amide bonds. The quantitative estimate of drug-likeness (QED) is 0.865. The predicted molar refractivity (Wildman–Crippen MR) is 99.2 cm³/mol. The molecule has 0 aromatic heterocycles. The molecule has 1 atom stereocenters. The Kier molecular flexibility index (Phi) is 5.41. The molecule has 2 aromatic carbocycles. The van der Waals surface area contributed by atoms with E-state index in [-0.39, 0.29) is 23.9 Å². The highest BCUT2D eigenvalue weighted by Crippen LogP contribution is 2.32. The molecule has 0 radical (unpaired) electrons. The summed E-state index contributed by atoms with van der Waals surface area (Å²) >= 11 is 0. The standard InChI is InChI=1S/C20H21FN2O4/c1-12(24)22-18-4-3-13(10-19(18)27-2)14-7-15(9-16(21)8-14)20(26)23-6-5-17(25)11-23/h3-4,7-10,17,25H,5-6,11H2,1-2H3,(H,22,24)/t17-/m1/s1. The molecule has 0 aliphatic carbocycles. The molecule has 0 bridgehead atoms. The zero-order valence-corrected chi connectivity index (χ0v) is 15.2. The predicted octanol–water partition coefficient (Wildman–Crippen LogP) is 2.67. The number of rotatable bonds is 4. The lowest BCUT2D eigenvalue weighted by atomic mass is 10.0. The van der Waals surface area contributed by atoms with E-state index in [4.69, 9.17) is 4.74 Å². The van der Waals surface area contributed by atoms with Crippen LogP contribution < -0.4 is 10.1 Å². The van der Waals surface area contributed by atoms with Crippen molar-refractivity contribution in [1.82, 2.24) is 4.90 Å². The van der Waals surface area contributed by atoms with Gasteiger partial charge < -0.3 is 20.1 Å². The maximum atomic E-state index is 14.2. The zero-order valence-electron chi connectivity index (χ0n) is 15.2. The number of likely N-dealkylation sites (tertiary alicyclic amines) is 1. The fourth-order valence-corrected chi connectivity index (χ4v) is 3.15. The number of β-amino-alcohol motifs (C(OH)–C–C–N with tert-alkyl or cyclic N) is 1. The minimum Gasteiger partial charge on any atom is -0.495 e. The van der Waals surface area contributed by atoms with E-state index >= 15 is 0 Å². The molecule has 7 heteroatoms. The van der Waals surface area contributed by atoms with Gasteiger partial charge >= 0.3 is 0 Å². The van der Waals surface area contributed by atoms with Gasteiger partial charge in [-0.15, -0.1) is 0 Å². The molecular formula is C20H21FN2O4. The molecular weight excluding hydrogens is 351 g/mol. The van der Waals surface area contributed by atoms with E-state index in [9.17, 15) is 19.1 Å². The van der Waals surface area contributed by atoms with Crippen LogP contribution in [-0.4, -0.2) is 48.1 Å². The van der Waals surface area contributed by atoms with Crippen LogP contribution in [0.2, 0.25) is 0 Å². The number of nitrogens with zero attached hydrogens (tertiary/aromatic N) is 1. The van der Waals surface area contributed by atoms with E-state index in [0.717, 1.165) is 0 Å². The third kappa shape index (κ3) is 4.25. The summed E-state index contributed by atoms with van der Waals surface area (Å²) in [5.74, 6) is -0.635. The van der Waals surface area contributed by atoms with Crippen molar-refractivity contribution in [3.63, 3.8) is 0 Å². The second kappa shape index (κ2) is 7.75. The van der Waals surface area contributed by atoms with Crippen molar-refractivity contribution in [3.05, 3.63) is 47.8 Å². The van der Waals surface area contributed by atoms with E-state index < -0.39 is 11.9 Å². The largest absolute Gasteiger partial charge is 0.495 e. The van der Waals surface area contributed by atoms with Gasteiger partial charge in [-0.1, -0.05) is 6.07 Å². The number of aliphatic hydroxyl groups is 1. The fourth-order valence-electron chi connectivity index (χ4n) is 3.15. The Morgan fingerprint density at radius 3 is 2.63 bits per heavy atom. The molecule has 3 rings (SSSR count). The van der Waals surface area contributed by atoms with Gasteiger partial charge in [0.1, 0.15) is 11.6 Å². The van der Waals surface area contributed by atoms with Crippen molar-refractivity contribution >= 4 is 17.5 Å². The molecule has 6 nitrogen and oxygen atoms in total. The van der Waals surface area contributed by atoms with E-state index in [1.165, 1.54) is 31.1 Å². The number of ether oxygens (including phenoxy) is 1. The van der Waals surface area contributed by atoms with E-state index in [2.05, 4.69) is 5.32 Å². The number of hydrogen-bond donors (Lipinski definition) is 2. The Hall–Kier alpha value is -2.93. The molecule has 1 heterocycles. The molecule has 0 unspecified atom stereocenters. The Bertz CT molecular complexity index is 884. The van der Waals surface area contributed by atoms with Crippen LogP contribution >= 0.6 is 0 Å². The van der Waals surface area contributed by atoms with Crippen LogP contribution in [0.1, 0.15) is 23.7 Å². The lowest BCUT2D eigenvalue weighted by molar-refractivity contribution is -0.114. The number of carbonyl (C=O) groups is 2. The average Bonchev–Trinajstić information content (AvgIpc) is 3.06. The van der Waals surface area contributed by atoms with Gasteiger partial charge in [0, 0.05) is 25.6 Å². The number of carbonyl (C=O) groups excluding carboxylic acids is 2. The Labute approximate surface area is 156 Å². The molecule has 1 aliphatic heterocycles. The Morgan fingerprint density at radius 1 is 1.22 bits per heavy atom. The van der Waals surface area contributed by atoms with Gasteiger partial charge in [0.05, 0.1) is 18.9 Å². The molecule has 27 heavy (non-hydrogen) atoms. The normalized spacial score (nSPS) is 16.3. The van der Waals surface area contributed by atoms with Crippen LogP contribution in [0.5, 0.6) is 5.75 Å². The smallest absolute Gasteiger partial charge is 0.254 e. The molecule has 0 spiro atoms. The van der Waals surface area contributed by atoms with E-state index in [1.54, 1.807) is 24.3 Å². The maximum Gasteiger partial charge on any atom is 0.254 e. The number of halogens is 1. The minimum absolute atomic E-state index is 0.226. The first-order valence-corrected chi connectivity index (χ1v) is 8.61. The van der Waals surface area contributed by atoms with Gasteiger partial charge in [-0.3, -0.25) is 9.59 Å². The fraction of sp³-hybridized carbons (Fsp3) is 0.300. The first-order valence-electron chi connectivity index (χ1n) is 8.61. The SMILES string of the molecule is COc1cc(-c2cc(F)cc(C(=O)N3CC[C@@H](O)C3)c2)ccc1NC(C)=O. The summed E-state index contributed by atoms with van der Waals surface area (Å²) < 4.78 is 19.5. The maximum absolute atomic E-state index is 14.2. The van der Waals surface area contributed by atoms with Gasteiger partial charge in [-0.2, -0.15) is 0 Å². The highest BCUT2D eigenvalue weighted by atomic mass is 19.1. The first-order chi connectivity index (χ1) is 12.9. The van der Waals surface area contributed by atoms with Crippen LogP contribution in [0.3, 0.4) is 0 Å². The van der Waals surface area contributed by atoms with Crippen molar-refractivity contribution in [1.29, 1.82) is 0 Å². The summed E-state index contributed by atoms with van der Waals surface area (Å²) in [7, 11) is 1.48. The van der Waals surface area contributed by atoms with Crippen LogP contribution in [0.15, 0.2) is 36.4 Å². The third-order valence-corrected chi connectivity index (χ3v) is 4.44. The summed E-state index contributed by atoms with van der Waals surface area (Å²) in [6.45, 7) is 2.10. The highest BCUT2D eigenvalue weighted by Gasteiger charge is 2.26. The summed E-state index contributed by atoms with van der Waals surface area (Å²) in [5.41, 5.74) is 1.90. The number of aliphatic hydroxyl groups excluding tert-OH is 1. The number of hydrogen-bond acceptors (Lipinski definition) is 4.